The minimum Gasteiger partial charge on any atom is -0.504 e. The molecule has 1 atom stereocenters. The number of piperidine rings is 1. The van der Waals surface area contributed by atoms with Gasteiger partial charge in [0.05, 0.1) is 31.7 Å². The lowest BCUT2D eigenvalue weighted by molar-refractivity contribution is -0.220. The van der Waals surface area contributed by atoms with Crippen molar-refractivity contribution in [1.82, 2.24) is 14.7 Å². The summed E-state index contributed by atoms with van der Waals surface area (Å²) in [4.78, 5) is 13.9. The second-order valence-corrected chi connectivity index (χ2v) is 9.90. The van der Waals surface area contributed by atoms with E-state index in [2.05, 4.69) is 5.10 Å². The van der Waals surface area contributed by atoms with Crippen molar-refractivity contribution < 1.29 is 41.7 Å². The van der Waals surface area contributed by atoms with E-state index in [1.54, 1.807) is 35.0 Å². The number of nitrogens with zero attached hydrogens (tertiary/aromatic N) is 3. The van der Waals surface area contributed by atoms with Crippen LogP contribution < -0.4 is 4.74 Å². The van der Waals surface area contributed by atoms with E-state index in [0.29, 0.717) is 54.1 Å². The summed E-state index contributed by atoms with van der Waals surface area (Å²) in [5.41, 5.74) is 3.26. The Labute approximate surface area is 228 Å². The van der Waals surface area contributed by atoms with Crippen LogP contribution in [-0.4, -0.2) is 65.0 Å². The van der Waals surface area contributed by atoms with Crippen molar-refractivity contribution in [3.05, 3.63) is 70.8 Å². The van der Waals surface area contributed by atoms with Gasteiger partial charge in [0.1, 0.15) is 17.3 Å². The number of benzene rings is 2. The average molecular weight is 564 g/mol. The van der Waals surface area contributed by atoms with Crippen LogP contribution in [0.15, 0.2) is 42.5 Å². The highest BCUT2D eigenvalue weighted by atomic mass is 19.4. The van der Waals surface area contributed by atoms with Crippen LogP contribution in [0.4, 0.5) is 22.4 Å². The molecular weight excluding hydrogens is 534 g/mol. The molecule has 40 heavy (non-hydrogen) atoms. The van der Waals surface area contributed by atoms with Gasteiger partial charge in [0.2, 0.25) is 6.10 Å². The summed E-state index contributed by atoms with van der Waals surface area (Å²) in [6, 6.07) is 11.1. The summed E-state index contributed by atoms with van der Waals surface area (Å²) >= 11 is 0. The van der Waals surface area contributed by atoms with Crippen molar-refractivity contribution in [3.63, 3.8) is 0 Å². The van der Waals surface area contributed by atoms with Crippen LogP contribution in [-0.2, 0) is 28.9 Å². The third kappa shape index (κ3) is 5.86. The maximum Gasteiger partial charge on any atom is 0.427 e. The predicted molar refractivity (Wildman–Crippen MR) is 135 cm³/mol. The summed E-state index contributed by atoms with van der Waals surface area (Å²) in [6.45, 7) is -0.636. The Kier molecular flexibility index (Phi) is 7.88. The lowest BCUT2D eigenvalue weighted by Crippen LogP contribution is -2.44. The minimum atomic E-state index is -4.80. The number of ether oxygens (including phenoxy) is 3. The number of carbonyl (C=O) groups excluding carboxylic acids is 1. The molecule has 0 spiro atoms. The monoisotopic (exact) mass is 563 g/mol. The van der Waals surface area contributed by atoms with Crippen LogP contribution >= 0.6 is 0 Å². The number of amides is 1. The van der Waals surface area contributed by atoms with Crippen LogP contribution in [0.1, 0.15) is 41.3 Å². The van der Waals surface area contributed by atoms with Gasteiger partial charge in [0.15, 0.2) is 5.75 Å². The van der Waals surface area contributed by atoms with Crippen LogP contribution in [0.3, 0.4) is 0 Å². The largest absolute Gasteiger partial charge is 0.504 e. The Morgan fingerprint density at radius 1 is 1.12 bits per heavy atom. The molecule has 2 aliphatic heterocycles. The van der Waals surface area contributed by atoms with Gasteiger partial charge in [-0.1, -0.05) is 12.1 Å². The van der Waals surface area contributed by atoms with Gasteiger partial charge in [-0.05, 0) is 67.1 Å². The van der Waals surface area contributed by atoms with E-state index in [1.165, 1.54) is 24.1 Å². The second kappa shape index (κ2) is 11.4. The standard InChI is InChI=1S/C28H29F4N3O5/c1-38-21-6-2-17(3-7-21)15-39-16-24(28(30,31)32)40-27(37)34-12-10-18(11-13-34)25-26(36)23-8-4-19-14-20(29)5-9-22(19)35(23)33-25/h2-3,5-7,9,14,18,24,36H,4,8,10-13,15-16H2,1H3. The number of likely N-dealkylation sites (tertiary alicyclic amines) is 1. The van der Waals surface area contributed by atoms with Crippen molar-refractivity contribution in [1.29, 1.82) is 0 Å². The summed E-state index contributed by atoms with van der Waals surface area (Å²) in [5, 5.41) is 15.5. The molecule has 2 aromatic carbocycles. The Morgan fingerprint density at radius 2 is 1.85 bits per heavy atom. The van der Waals surface area contributed by atoms with Gasteiger partial charge in [-0.2, -0.15) is 18.3 Å². The fourth-order valence-electron chi connectivity index (χ4n) is 5.11. The van der Waals surface area contributed by atoms with E-state index in [9.17, 15) is 27.5 Å². The van der Waals surface area contributed by atoms with Gasteiger partial charge >= 0.3 is 12.3 Å². The highest BCUT2D eigenvalue weighted by Crippen LogP contribution is 2.39. The Morgan fingerprint density at radius 3 is 2.52 bits per heavy atom. The molecule has 0 bridgehead atoms. The van der Waals surface area contributed by atoms with Crippen LogP contribution in [0.2, 0.25) is 0 Å². The molecule has 3 aromatic rings. The van der Waals surface area contributed by atoms with Crippen molar-refractivity contribution in [2.24, 2.45) is 0 Å². The maximum atomic E-state index is 13.7. The number of aromatic hydroxyl groups is 1. The summed E-state index contributed by atoms with van der Waals surface area (Å²) < 4.78 is 71.1. The maximum absolute atomic E-state index is 13.7. The number of carbonyl (C=O) groups is 1. The van der Waals surface area contributed by atoms with E-state index < -0.39 is 25.0 Å². The smallest absolute Gasteiger partial charge is 0.427 e. The van der Waals surface area contributed by atoms with Crippen LogP contribution in [0.5, 0.6) is 11.5 Å². The number of hydrogen-bond acceptors (Lipinski definition) is 6. The highest BCUT2D eigenvalue weighted by molar-refractivity contribution is 5.68. The average Bonchev–Trinajstić information content (AvgIpc) is 3.28. The van der Waals surface area contributed by atoms with E-state index in [1.807, 2.05) is 0 Å². The van der Waals surface area contributed by atoms with E-state index in [0.717, 1.165) is 5.56 Å². The number of alkyl halides is 3. The quantitative estimate of drug-likeness (QED) is 0.394. The van der Waals surface area contributed by atoms with Crippen molar-refractivity contribution in [3.8, 4) is 17.2 Å². The molecule has 0 aliphatic carbocycles. The number of rotatable bonds is 7. The summed E-state index contributed by atoms with van der Waals surface area (Å²) in [5.74, 6) is 0.147. The molecule has 0 radical (unpaired) electrons. The Balaban J connectivity index is 1.17. The fraction of sp³-hybridized carbons (Fsp3) is 0.429. The molecule has 1 aromatic heterocycles. The molecule has 12 heteroatoms. The van der Waals surface area contributed by atoms with Gasteiger partial charge in [0.25, 0.3) is 0 Å². The molecule has 1 fully saturated rings. The molecule has 8 nitrogen and oxygen atoms in total. The molecule has 1 amide bonds. The molecule has 2 aliphatic rings. The SMILES string of the molecule is COc1ccc(COCC(OC(=O)N2CCC(c3nn4c(c3O)CCc3cc(F)ccc3-4)CC2)C(F)(F)F)cc1. The molecule has 5 rings (SSSR count). The third-order valence-electron chi connectivity index (χ3n) is 7.33. The van der Waals surface area contributed by atoms with E-state index in [4.69, 9.17) is 14.2 Å². The Hall–Kier alpha value is -3.80. The first kappa shape index (κ1) is 27.8. The number of methoxy groups -OCH3 is 1. The predicted octanol–water partition coefficient (Wildman–Crippen LogP) is 5.29. The van der Waals surface area contributed by atoms with Crippen LogP contribution in [0, 0.1) is 5.82 Å². The van der Waals surface area contributed by atoms with Gasteiger partial charge in [-0.3, -0.25) is 0 Å². The number of halogens is 4. The summed E-state index contributed by atoms with van der Waals surface area (Å²) in [7, 11) is 1.51. The number of aryl methyl sites for hydroxylation is 1. The molecule has 0 saturated carbocycles. The Bertz CT molecular complexity index is 1350. The molecule has 214 valence electrons. The zero-order valence-corrected chi connectivity index (χ0v) is 21.8. The first-order valence-electron chi connectivity index (χ1n) is 13.0. The van der Waals surface area contributed by atoms with Crippen molar-refractivity contribution >= 4 is 6.09 Å². The molecule has 3 heterocycles. The van der Waals surface area contributed by atoms with Crippen LogP contribution in [0.25, 0.3) is 5.69 Å². The topological polar surface area (TPSA) is 86.1 Å². The van der Waals surface area contributed by atoms with Gasteiger partial charge in [0, 0.05) is 19.0 Å². The number of aromatic nitrogens is 2. The molecule has 1 N–H and O–H groups in total. The highest BCUT2D eigenvalue weighted by Gasteiger charge is 2.44. The van der Waals surface area contributed by atoms with Crippen molar-refractivity contribution in [2.45, 2.75) is 50.5 Å². The molecular formula is C28H29F4N3O5. The zero-order chi connectivity index (χ0) is 28.4. The minimum absolute atomic E-state index is 0.0714. The van der Waals surface area contributed by atoms with Gasteiger partial charge < -0.3 is 24.2 Å². The van der Waals surface area contributed by atoms with Gasteiger partial charge in [-0.25, -0.2) is 13.9 Å². The van der Waals surface area contributed by atoms with Gasteiger partial charge in [-0.15, -0.1) is 0 Å². The lowest BCUT2D eigenvalue weighted by Gasteiger charge is -2.32. The molecule has 1 saturated heterocycles. The second-order valence-electron chi connectivity index (χ2n) is 9.90. The summed E-state index contributed by atoms with van der Waals surface area (Å²) in [6.07, 6.45) is -6.43. The fourth-order valence-corrected chi connectivity index (χ4v) is 5.11. The van der Waals surface area contributed by atoms with Crippen molar-refractivity contribution in [2.75, 3.05) is 26.8 Å². The lowest BCUT2D eigenvalue weighted by atomic mass is 9.92. The third-order valence-corrected chi connectivity index (χ3v) is 7.33. The number of fused-ring (bicyclic) bond motifs is 3. The zero-order valence-electron chi connectivity index (χ0n) is 21.8. The van der Waals surface area contributed by atoms with E-state index >= 15 is 0 Å². The first-order valence-corrected chi connectivity index (χ1v) is 13.0. The molecule has 1 unspecified atom stereocenters. The van der Waals surface area contributed by atoms with E-state index in [-0.39, 0.29) is 37.2 Å². The normalized spacial score (nSPS) is 16.3. The first-order chi connectivity index (χ1) is 19.1. The number of hydrogen-bond donors (Lipinski definition) is 1.